The molecule has 102 valence electrons. The van der Waals surface area contributed by atoms with Gasteiger partial charge in [-0.25, -0.2) is 9.78 Å². The number of aromatic nitrogens is 2. The summed E-state index contributed by atoms with van der Waals surface area (Å²) in [5.74, 6) is -0.586. The van der Waals surface area contributed by atoms with Gasteiger partial charge in [-0.3, -0.25) is 0 Å². The van der Waals surface area contributed by atoms with Gasteiger partial charge in [0.2, 0.25) is 0 Å². The number of hydrogen-bond acceptors (Lipinski definition) is 4. The minimum Gasteiger partial charge on any atom is -0.485 e. The van der Waals surface area contributed by atoms with Crippen molar-refractivity contribution in [2.24, 2.45) is 0 Å². The van der Waals surface area contributed by atoms with Crippen LogP contribution in [0.1, 0.15) is 20.9 Å². The number of thiophene rings is 1. The standard InChI is InChI=1S/C14H12N2O3S/c1-9-3-2-5-16-7-10(15-13(9)16)8-19-11-4-6-20-12(11)14(17)18/h2-7H,8H2,1H3,(H,17,18). The molecule has 0 unspecified atom stereocenters. The molecule has 3 rings (SSSR count). The van der Waals surface area contributed by atoms with Gasteiger partial charge in [0, 0.05) is 12.4 Å². The number of fused-ring (bicyclic) bond motifs is 1. The van der Waals surface area contributed by atoms with E-state index in [1.165, 1.54) is 0 Å². The molecule has 0 spiro atoms. The third-order valence-corrected chi connectivity index (χ3v) is 3.81. The fraction of sp³-hybridized carbons (Fsp3) is 0.143. The van der Waals surface area contributed by atoms with E-state index in [4.69, 9.17) is 9.84 Å². The van der Waals surface area contributed by atoms with Crippen LogP contribution in [-0.4, -0.2) is 20.5 Å². The highest BCUT2D eigenvalue weighted by Gasteiger charge is 2.13. The summed E-state index contributed by atoms with van der Waals surface area (Å²) < 4.78 is 7.48. The lowest BCUT2D eigenvalue weighted by Crippen LogP contribution is -2.00. The second kappa shape index (κ2) is 4.97. The third kappa shape index (κ3) is 2.25. The topological polar surface area (TPSA) is 63.8 Å². The van der Waals surface area contributed by atoms with E-state index in [9.17, 15) is 4.79 Å². The Kier molecular flexibility index (Phi) is 3.15. The Labute approximate surface area is 119 Å². The number of nitrogens with zero attached hydrogens (tertiary/aromatic N) is 2. The molecule has 6 heteroatoms. The minimum absolute atomic E-state index is 0.213. The molecular formula is C14H12N2O3S. The molecule has 0 bridgehead atoms. The number of carboxylic acid groups (broad SMARTS) is 1. The van der Waals surface area contributed by atoms with Crippen LogP contribution in [0, 0.1) is 6.92 Å². The molecular weight excluding hydrogens is 276 g/mol. The summed E-state index contributed by atoms with van der Waals surface area (Å²) in [4.78, 5) is 15.7. The molecule has 1 N–H and O–H groups in total. The van der Waals surface area contributed by atoms with Crippen LogP contribution >= 0.6 is 11.3 Å². The molecule has 0 aliphatic carbocycles. The predicted molar refractivity (Wildman–Crippen MR) is 75.5 cm³/mol. The van der Waals surface area contributed by atoms with E-state index in [1.54, 1.807) is 11.4 Å². The molecule has 0 aromatic carbocycles. The van der Waals surface area contributed by atoms with E-state index in [2.05, 4.69) is 4.98 Å². The molecule has 0 saturated carbocycles. The van der Waals surface area contributed by atoms with Gasteiger partial charge in [0.1, 0.15) is 18.0 Å². The van der Waals surface area contributed by atoms with Gasteiger partial charge in [-0.15, -0.1) is 11.3 Å². The van der Waals surface area contributed by atoms with E-state index in [0.717, 1.165) is 28.2 Å². The summed E-state index contributed by atoms with van der Waals surface area (Å²) in [6.07, 6.45) is 3.81. The van der Waals surface area contributed by atoms with Gasteiger partial charge in [0.25, 0.3) is 0 Å². The van der Waals surface area contributed by atoms with Gasteiger partial charge in [-0.2, -0.15) is 0 Å². The fourth-order valence-electron chi connectivity index (χ4n) is 1.99. The Morgan fingerprint density at radius 2 is 2.35 bits per heavy atom. The van der Waals surface area contributed by atoms with Crippen LogP contribution in [0.4, 0.5) is 0 Å². The Morgan fingerprint density at radius 1 is 1.50 bits per heavy atom. The largest absolute Gasteiger partial charge is 0.485 e. The van der Waals surface area contributed by atoms with Gasteiger partial charge in [-0.1, -0.05) is 6.07 Å². The number of imidazole rings is 1. The average Bonchev–Trinajstić information content (AvgIpc) is 3.03. The number of rotatable bonds is 4. The molecule has 0 amide bonds. The van der Waals surface area contributed by atoms with E-state index >= 15 is 0 Å². The van der Waals surface area contributed by atoms with Crippen molar-refractivity contribution >= 4 is 23.0 Å². The van der Waals surface area contributed by atoms with Gasteiger partial charge in [-0.05, 0) is 30.0 Å². The molecule has 20 heavy (non-hydrogen) atoms. The molecule has 0 saturated heterocycles. The Morgan fingerprint density at radius 3 is 3.10 bits per heavy atom. The zero-order valence-electron chi connectivity index (χ0n) is 10.7. The Bertz CT molecular complexity index is 776. The van der Waals surface area contributed by atoms with Gasteiger partial charge < -0.3 is 14.2 Å². The lowest BCUT2D eigenvalue weighted by molar-refractivity contribution is 0.0697. The zero-order chi connectivity index (χ0) is 14.1. The molecule has 5 nitrogen and oxygen atoms in total. The third-order valence-electron chi connectivity index (χ3n) is 2.93. The van der Waals surface area contributed by atoms with E-state index in [0.29, 0.717) is 5.75 Å². The first kappa shape index (κ1) is 12.7. The Balaban J connectivity index is 1.82. The van der Waals surface area contributed by atoms with E-state index in [1.807, 2.05) is 35.9 Å². The molecule has 0 fully saturated rings. The second-order valence-electron chi connectivity index (χ2n) is 4.36. The van der Waals surface area contributed by atoms with Gasteiger partial charge in [0.05, 0.1) is 5.69 Å². The van der Waals surface area contributed by atoms with Crippen LogP contribution in [0.2, 0.25) is 0 Å². The Hall–Kier alpha value is -2.34. The number of aryl methyl sites for hydroxylation is 1. The summed E-state index contributed by atoms with van der Waals surface area (Å²) in [7, 11) is 0. The first-order valence-electron chi connectivity index (χ1n) is 6.02. The maximum Gasteiger partial charge on any atom is 0.349 e. The molecule has 0 radical (unpaired) electrons. The summed E-state index contributed by atoms with van der Waals surface area (Å²) in [5, 5.41) is 10.7. The lowest BCUT2D eigenvalue weighted by Gasteiger charge is -2.02. The van der Waals surface area contributed by atoms with Crippen LogP contribution in [0.5, 0.6) is 5.75 Å². The summed E-state index contributed by atoms with van der Waals surface area (Å²) in [6, 6.07) is 5.61. The SMILES string of the molecule is Cc1cccn2cc(COc3ccsc3C(=O)O)nc12. The van der Waals surface area contributed by atoms with Crippen LogP contribution < -0.4 is 4.74 Å². The number of aromatic carboxylic acids is 1. The van der Waals surface area contributed by atoms with Crippen LogP contribution in [0.3, 0.4) is 0 Å². The quantitative estimate of drug-likeness (QED) is 0.801. The average molecular weight is 288 g/mol. The van der Waals surface area contributed by atoms with Crippen LogP contribution in [0.15, 0.2) is 36.0 Å². The first-order valence-corrected chi connectivity index (χ1v) is 6.90. The van der Waals surface area contributed by atoms with Crippen molar-refractivity contribution in [2.45, 2.75) is 13.5 Å². The zero-order valence-corrected chi connectivity index (χ0v) is 11.6. The normalized spacial score (nSPS) is 10.8. The predicted octanol–water partition coefficient (Wildman–Crippen LogP) is 2.98. The molecule has 3 aromatic rings. The van der Waals surface area contributed by atoms with E-state index in [-0.39, 0.29) is 11.5 Å². The first-order chi connectivity index (χ1) is 9.65. The second-order valence-corrected chi connectivity index (χ2v) is 5.28. The highest BCUT2D eigenvalue weighted by Crippen LogP contribution is 2.25. The van der Waals surface area contributed by atoms with E-state index < -0.39 is 5.97 Å². The van der Waals surface area contributed by atoms with Gasteiger partial charge >= 0.3 is 5.97 Å². The fourth-order valence-corrected chi connectivity index (χ4v) is 2.66. The minimum atomic E-state index is -0.971. The molecule has 0 aliphatic rings. The molecule has 0 aliphatic heterocycles. The highest BCUT2D eigenvalue weighted by atomic mass is 32.1. The molecule has 0 atom stereocenters. The molecule has 3 heterocycles. The van der Waals surface area contributed by atoms with Crippen molar-refractivity contribution in [3.05, 3.63) is 52.1 Å². The number of carbonyl (C=O) groups is 1. The van der Waals surface area contributed by atoms with Crippen molar-refractivity contribution in [1.82, 2.24) is 9.38 Å². The van der Waals surface area contributed by atoms with Crippen LogP contribution in [0.25, 0.3) is 5.65 Å². The smallest absolute Gasteiger partial charge is 0.349 e. The van der Waals surface area contributed by atoms with Crippen molar-refractivity contribution in [2.75, 3.05) is 0 Å². The van der Waals surface area contributed by atoms with Crippen molar-refractivity contribution in [1.29, 1.82) is 0 Å². The van der Waals surface area contributed by atoms with Crippen molar-refractivity contribution in [3.63, 3.8) is 0 Å². The van der Waals surface area contributed by atoms with Crippen molar-refractivity contribution < 1.29 is 14.6 Å². The number of pyridine rings is 1. The maximum absolute atomic E-state index is 11.0. The number of hydrogen-bond donors (Lipinski definition) is 1. The van der Waals surface area contributed by atoms with Gasteiger partial charge in [0.15, 0.2) is 4.88 Å². The number of carboxylic acids is 1. The number of ether oxygens (including phenoxy) is 1. The van der Waals surface area contributed by atoms with Crippen molar-refractivity contribution in [3.8, 4) is 5.75 Å². The maximum atomic E-state index is 11.0. The highest BCUT2D eigenvalue weighted by molar-refractivity contribution is 7.12. The summed E-state index contributed by atoms with van der Waals surface area (Å²) >= 11 is 1.15. The van der Waals surface area contributed by atoms with Crippen LogP contribution in [-0.2, 0) is 6.61 Å². The lowest BCUT2D eigenvalue weighted by atomic mass is 10.3. The molecule has 3 aromatic heterocycles. The summed E-state index contributed by atoms with van der Waals surface area (Å²) in [6.45, 7) is 2.24. The monoisotopic (exact) mass is 288 g/mol. The summed E-state index contributed by atoms with van der Waals surface area (Å²) in [5.41, 5.74) is 2.73.